The normalized spacial score (nSPS) is 15.5. The van der Waals surface area contributed by atoms with Gasteiger partial charge in [-0.05, 0) is 66.2 Å². The molecular weight excluding hydrogens is 390 g/mol. The van der Waals surface area contributed by atoms with Crippen molar-refractivity contribution in [2.45, 2.75) is 72.6 Å². The van der Waals surface area contributed by atoms with Gasteiger partial charge in [0.2, 0.25) is 0 Å². The van der Waals surface area contributed by atoms with E-state index >= 15 is 0 Å². The van der Waals surface area contributed by atoms with Crippen LogP contribution in [0.2, 0.25) is 0 Å². The predicted molar refractivity (Wildman–Crippen MR) is 108 cm³/mol. The van der Waals surface area contributed by atoms with Gasteiger partial charge in [-0.25, -0.2) is 9.13 Å². The van der Waals surface area contributed by atoms with Crippen LogP contribution in [0.5, 0.6) is 0 Å². The second kappa shape index (κ2) is 13.6. The van der Waals surface area contributed by atoms with E-state index in [9.17, 15) is 9.13 Å². The molecule has 0 aromatic heterocycles. The van der Waals surface area contributed by atoms with Gasteiger partial charge < -0.3 is 14.7 Å². The summed E-state index contributed by atoms with van der Waals surface area (Å²) >= 11 is 0. The maximum absolute atomic E-state index is 11.3. The lowest BCUT2D eigenvalue weighted by Gasteiger charge is -2.11. The smallest absolute Gasteiger partial charge is 0.302 e. The highest BCUT2D eigenvalue weighted by Gasteiger charge is 2.31. The molecule has 0 saturated heterocycles. The maximum Gasteiger partial charge on any atom is 0.481 e. The van der Waals surface area contributed by atoms with Crippen LogP contribution < -0.4 is 0 Å². The first-order valence-electron chi connectivity index (χ1n) is 9.10. The first-order chi connectivity index (χ1) is 12.4. The fourth-order valence-electron chi connectivity index (χ4n) is 2.30. The van der Waals surface area contributed by atoms with Crippen molar-refractivity contribution in [1.29, 1.82) is 0 Å². The van der Waals surface area contributed by atoms with Crippen LogP contribution in [0.15, 0.2) is 34.9 Å². The van der Waals surface area contributed by atoms with E-state index in [2.05, 4.69) is 41.8 Å². The first kappa shape index (κ1) is 26.5. The standard InChI is InChI=1S/C18H34O7P2/c1-16(2)10-7-5-6-8-11-17(3)12-9-13-18(4)14-15-24-27(22,23)25-26(19,20)21/h10,12,14H,5-9,11,13,15H2,1-4H3,(H,22,23)(H2,19,20,21)/b17-12+,18-14+. The highest BCUT2D eigenvalue weighted by atomic mass is 31.3. The van der Waals surface area contributed by atoms with Crippen molar-refractivity contribution in [3.8, 4) is 0 Å². The van der Waals surface area contributed by atoms with Crippen molar-refractivity contribution in [2.24, 2.45) is 0 Å². The van der Waals surface area contributed by atoms with Crippen LogP contribution in [0, 0.1) is 0 Å². The number of phosphoric ester groups is 1. The molecule has 0 spiro atoms. The van der Waals surface area contributed by atoms with Gasteiger partial charge in [0.25, 0.3) is 0 Å². The van der Waals surface area contributed by atoms with Crippen LogP contribution in [0.25, 0.3) is 0 Å². The van der Waals surface area contributed by atoms with E-state index in [1.807, 2.05) is 6.92 Å². The molecule has 0 bridgehead atoms. The van der Waals surface area contributed by atoms with Crippen LogP contribution in [-0.2, 0) is 18.0 Å². The minimum absolute atomic E-state index is 0.256. The molecule has 0 aliphatic rings. The van der Waals surface area contributed by atoms with Crippen LogP contribution in [0.3, 0.4) is 0 Å². The van der Waals surface area contributed by atoms with Crippen molar-refractivity contribution < 1.29 is 32.6 Å². The summed E-state index contributed by atoms with van der Waals surface area (Å²) in [5.74, 6) is 0. The van der Waals surface area contributed by atoms with E-state index in [-0.39, 0.29) is 6.61 Å². The third kappa shape index (κ3) is 18.6. The Labute approximate surface area is 163 Å². The minimum Gasteiger partial charge on any atom is -0.302 e. The molecule has 0 aromatic rings. The topological polar surface area (TPSA) is 113 Å². The van der Waals surface area contributed by atoms with E-state index < -0.39 is 15.6 Å². The fourth-order valence-corrected chi connectivity index (χ4v) is 3.82. The summed E-state index contributed by atoms with van der Waals surface area (Å²) in [6.45, 7) is 7.97. The first-order valence-corrected chi connectivity index (χ1v) is 12.1. The summed E-state index contributed by atoms with van der Waals surface area (Å²) in [6, 6.07) is 0. The van der Waals surface area contributed by atoms with Gasteiger partial charge >= 0.3 is 15.6 Å². The molecule has 0 aliphatic carbocycles. The molecule has 7 nitrogen and oxygen atoms in total. The van der Waals surface area contributed by atoms with Crippen molar-refractivity contribution in [2.75, 3.05) is 6.61 Å². The zero-order valence-corrected chi connectivity index (χ0v) is 18.5. The van der Waals surface area contributed by atoms with Crippen molar-refractivity contribution >= 4 is 15.6 Å². The highest BCUT2D eigenvalue weighted by molar-refractivity contribution is 7.60. The minimum atomic E-state index is -5.07. The maximum atomic E-state index is 11.3. The number of hydrogen-bond donors (Lipinski definition) is 3. The molecule has 3 N–H and O–H groups in total. The second-order valence-corrected chi connectivity index (χ2v) is 9.69. The van der Waals surface area contributed by atoms with Gasteiger partial charge in [0, 0.05) is 0 Å². The molecule has 0 fully saturated rings. The summed E-state index contributed by atoms with van der Waals surface area (Å²) < 4.78 is 30.0. The van der Waals surface area contributed by atoms with Crippen molar-refractivity contribution in [3.63, 3.8) is 0 Å². The number of unbranched alkanes of at least 4 members (excludes halogenated alkanes) is 3. The molecule has 1 atom stereocenters. The molecule has 158 valence electrons. The van der Waals surface area contributed by atoms with E-state index in [0.29, 0.717) is 0 Å². The summed E-state index contributed by atoms with van der Waals surface area (Å²) in [7, 11) is -9.83. The van der Waals surface area contributed by atoms with Gasteiger partial charge in [-0.3, -0.25) is 4.52 Å². The molecule has 27 heavy (non-hydrogen) atoms. The summed E-state index contributed by atoms with van der Waals surface area (Å²) in [5.41, 5.74) is 3.68. The molecule has 0 aliphatic heterocycles. The van der Waals surface area contributed by atoms with Gasteiger partial charge in [-0.2, -0.15) is 4.31 Å². The fraction of sp³-hybridized carbons (Fsp3) is 0.667. The lowest BCUT2D eigenvalue weighted by Crippen LogP contribution is -1.94. The lowest BCUT2D eigenvalue weighted by molar-refractivity contribution is 0.191. The zero-order chi connectivity index (χ0) is 20.9. The molecular formula is C18H34O7P2. The van der Waals surface area contributed by atoms with E-state index in [0.717, 1.165) is 31.3 Å². The summed E-state index contributed by atoms with van der Waals surface area (Å²) in [5, 5.41) is 0. The van der Waals surface area contributed by atoms with Crippen LogP contribution >= 0.6 is 15.6 Å². The Balaban J connectivity index is 4.02. The number of rotatable bonds is 14. The molecule has 0 amide bonds. The Kier molecular flexibility index (Phi) is 13.4. The molecule has 1 unspecified atom stereocenters. The Hall–Kier alpha value is -0.520. The van der Waals surface area contributed by atoms with Crippen molar-refractivity contribution in [1.82, 2.24) is 0 Å². The van der Waals surface area contributed by atoms with Crippen LogP contribution in [0.4, 0.5) is 0 Å². The number of hydrogen-bond acceptors (Lipinski definition) is 4. The molecule has 0 heterocycles. The van der Waals surface area contributed by atoms with Crippen LogP contribution in [0.1, 0.15) is 72.6 Å². The number of phosphoric acid groups is 2. The largest absolute Gasteiger partial charge is 0.481 e. The van der Waals surface area contributed by atoms with Crippen molar-refractivity contribution in [3.05, 3.63) is 34.9 Å². The van der Waals surface area contributed by atoms with E-state index in [1.165, 1.54) is 30.4 Å². The Morgan fingerprint density at radius 2 is 1.44 bits per heavy atom. The number of allylic oxidation sites excluding steroid dienone is 5. The Morgan fingerprint density at radius 3 is 2.04 bits per heavy atom. The lowest BCUT2D eigenvalue weighted by atomic mass is 10.0. The van der Waals surface area contributed by atoms with Gasteiger partial charge in [0.05, 0.1) is 6.61 Å². The van der Waals surface area contributed by atoms with Gasteiger partial charge in [-0.15, -0.1) is 0 Å². The van der Waals surface area contributed by atoms with Crippen LogP contribution in [-0.4, -0.2) is 21.3 Å². The zero-order valence-electron chi connectivity index (χ0n) is 16.8. The third-order valence-corrected chi connectivity index (χ3v) is 5.89. The third-order valence-electron chi connectivity index (χ3n) is 3.74. The predicted octanol–water partition coefficient (Wildman–Crippen LogP) is 5.80. The van der Waals surface area contributed by atoms with Gasteiger partial charge in [-0.1, -0.05) is 41.4 Å². The van der Waals surface area contributed by atoms with Gasteiger partial charge in [0.15, 0.2) is 0 Å². The van der Waals surface area contributed by atoms with E-state index in [4.69, 9.17) is 14.7 Å². The SMILES string of the molecule is CC(C)=CCCCCC/C(C)=C/CC/C(C)=C/COP(=O)(O)OP(=O)(O)O. The molecule has 9 heteroatoms. The van der Waals surface area contributed by atoms with Gasteiger partial charge in [0.1, 0.15) is 0 Å². The summed E-state index contributed by atoms with van der Waals surface area (Å²) in [6.07, 6.45) is 13.6. The molecule has 0 saturated carbocycles. The highest BCUT2D eigenvalue weighted by Crippen LogP contribution is 2.57. The Morgan fingerprint density at radius 1 is 0.815 bits per heavy atom. The summed E-state index contributed by atoms with van der Waals surface area (Å²) in [4.78, 5) is 26.2. The molecule has 0 radical (unpaired) electrons. The average Bonchev–Trinajstić information content (AvgIpc) is 2.47. The average molecular weight is 424 g/mol. The monoisotopic (exact) mass is 424 g/mol. The molecule has 0 aromatic carbocycles. The Bertz CT molecular complexity index is 613. The quantitative estimate of drug-likeness (QED) is 0.183. The molecule has 0 rings (SSSR count). The van der Waals surface area contributed by atoms with E-state index in [1.54, 1.807) is 6.08 Å². The second-order valence-electron chi connectivity index (χ2n) is 6.86.